The predicted molar refractivity (Wildman–Crippen MR) is 90.1 cm³/mol. The van der Waals surface area contributed by atoms with Gasteiger partial charge in [-0.05, 0) is 36.2 Å². The van der Waals surface area contributed by atoms with Gasteiger partial charge in [0.2, 0.25) is 5.91 Å². The Morgan fingerprint density at radius 1 is 1.27 bits per heavy atom. The van der Waals surface area contributed by atoms with E-state index in [4.69, 9.17) is 0 Å². The SMILES string of the molecule is CC1(c2ccc(F)cc2)NC(=O)N(CC(=O)NCc2cccnc2)C1=O. The van der Waals surface area contributed by atoms with Crippen LogP contribution in [0.25, 0.3) is 0 Å². The second kappa shape index (κ2) is 6.91. The first kappa shape index (κ1) is 17.5. The van der Waals surface area contributed by atoms with E-state index in [0.29, 0.717) is 5.56 Å². The largest absolute Gasteiger partial charge is 0.350 e. The fraction of sp³-hybridized carbons (Fsp3) is 0.222. The third-order valence-electron chi connectivity index (χ3n) is 4.21. The highest BCUT2D eigenvalue weighted by molar-refractivity contribution is 6.09. The maximum Gasteiger partial charge on any atom is 0.325 e. The van der Waals surface area contributed by atoms with Crippen molar-refractivity contribution in [1.29, 1.82) is 0 Å². The third kappa shape index (κ3) is 3.39. The zero-order valence-corrected chi connectivity index (χ0v) is 14.0. The Hall–Kier alpha value is -3.29. The molecule has 4 amide bonds. The summed E-state index contributed by atoms with van der Waals surface area (Å²) in [5.74, 6) is -1.48. The Bertz CT molecular complexity index is 841. The lowest BCUT2D eigenvalue weighted by Crippen LogP contribution is -2.43. The van der Waals surface area contributed by atoms with Crippen molar-refractivity contribution in [1.82, 2.24) is 20.5 Å². The van der Waals surface area contributed by atoms with Gasteiger partial charge in [-0.3, -0.25) is 19.5 Å². The van der Waals surface area contributed by atoms with Crippen LogP contribution in [-0.2, 0) is 21.7 Å². The Labute approximate surface area is 149 Å². The zero-order chi connectivity index (χ0) is 18.7. The minimum Gasteiger partial charge on any atom is -0.350 e. The fourth-order valence-corrected chi connectivity index (χ4v) is 2.72. The number of carbonyl (C=O) groups is 3. The van der Waals surface area contributed by atoms with E-state index in [1.807, 2.05) is 0 Å². The van der Waals surface area contributed by atoms with Crippen molar-refractivity contribution in [3.05, 3.63) is 65.7 Å². The van der Waals surface area contributed by atoms with Gasteiger partial charge in [0.05, 0.1) is 0 Å². The molecule has 1 aromatic carbocycles. The average molecular weight is 356 g/mol. The minimum atomic E-state index is -1.34. The lowest BCUT2D eigenvalue weighted by molar-refractivity contribution is -0.134. The molecule has 7 nitrogen and oxygen atoms in total. The fourth-order valence-electron chi connectivity index (χ4n) is 2.72. The summed E-state index contributed by atoms with van der Waals surface area (Å²) in [5.41, 5.74) is -0.0984. The predicted octanol–water partition coefficient (Wildman–Crippen LogP) is 1.30. The van der Waals surface area contributed by atoms with Crippen LogP contribution in [0, 0.1) is 5.82 Å². The first-order valence-corrected chi connectivity index (χ1v) is 7.96. The lowest BCUT2D eigenvalue weighted by atomic mass is 9.92. The number of nitrogens with one attached hydrogen (secondary N) is 2. The number of imide groups is 1. The van der Waals surface area contributed by atoms with E-state index in [-0.39, 0.29) is 6.54 Å². The van der Waals surface area contributed by atoms with Crippen molar-refractivity contribution in [3.8, 4) is 0 Å². The van der Waals surface area contributed by atoms with Crippen LogP contribution in [0.1, 0.15) is 18.1 Å². The minimum absolute atomic E-state index is 0.242. The topological polar surface area (TPSA) is 91.4 Å². The van der Waals surface area contributed by atoms with Gasteiger partial charge in [-0.1, -0.05) is 18.2 Å². The quantitative estimate of drug-likeness (QED) is 0.790. The Kier molecular flexibility index (Phi) is 4.66. The van der Waals surface area contributed by atoms with Gasteiger partial charge >= 0.3 is 6.03 Å². The molecule has 8 heteroatoms. The van der Waals surface area contributed by atoms with E-state index < -0.39 is 35.7 Å². The highest BCUT2D eigenvalue weighted by Crippen LogP contribution is 2.28. The number of aromatic nitrogens is 1. The molecule has 2 aromatic rings. The first-order chi connectivity index (χ1) is 12.4. The molecule has 3 rings (SSSR count). The number of halogens is 1. The summed E-state index contributed by atoms with van der Waals surface area (Å²) in [6.07, 6.45) is 3.23. The van der Waals surface area contributed by atoms with Crippen LogP contribution < -0.4 is 10.6 Å². The Balaban J connectivity index is 1.67. The van der Waals surface area contributed by atoms with Gasteiger partial charge in [-0.2, -0.15) is 0 Å². The first-order valence-electron chi connectivity index (χ1n) is 7.96. The van der Waals surface area contributed by atoms with Gasteiger partial charge in [0.1, 0.15) is 17.9 Å². The van der Waals surface area contributed by atoms with Crippen molar-refractivity contribution in [2.75, 3.05) is 6.54 Å². The molecule has 1 unspecified atom stereocenters. The third-order valence-corrected chi connectivity index (χ3v) is 4.21. The normalized spacial score (nSPS) is 19.4. The van der Waals surface area contributed by atoms with E-state index in [0.717, 1.165) is 10.5 Å². The number of pyridine rings is 1. The van der Waals surface area contributed by atoms with Gasteiger partial charge in [0.15, 0.2) is 0 Å². The number of hydrogen-bond donors (Lipinski definition) is 2. The highest BCUT2D eigenvalue weighted by Gasteiger charge is 2.49. The number of benzene rings is 1. The number of carbonyl (C=O) groups excluding carboxylic acids is 3. The average Bonchev–Trinajstić information content (AvgIpc) is 2.85. The lowest BCUT2D eigenvalue weighted by Gasteiger charge is -2.22. The summed E-state index contributed by atoms with van der Waals surface area (Å²) >= 11 is 0. The van der Waals surface area contributed by atoms with Gasteiger partial charge in [-0.25, -0.2) is 9.18 Å². The van der Waals surface area contributed by atoms with E-state index in [2.05, 4.69) is 15.6 Å². The van der Waals surface area contributed by atoms with Crippen molar-refractivity contribution in [3.63, 3.8) is 0 Å². The maximum atomic E-state index is 13.1. The molecule has 134 valence electrons. The van der Waals surface area contributed by atoms with Crippen molar-refractivity contribution < 1.29 is 18.8 Å². The van der Waals surface area contributed by atoms with Crippen molar-refractivity contribution in [2.45, 2.75) is 19.0 Å². The van der Waals surface area contributed by atoms with Crippen LogP contribution in [0.15, 0.2) is 48.8 Å². The molecule has 1 aliphatic rings. The highest BCUT2D eigenvalue weighted by atomic mass is 19.1. The van der Waals surface area contributed by atoms with Gasteiger partial charge in [0, 0.05) is 18.9 Å². The summed E-state index contributed by atoms with van der Waals surface area (Å²) in [5, 5.41) is 5.21. The zero-order valence-electron chi connectivity index (χ0n) is 14.0. The molecule has 26 heavy (non-hydrogen) atoms. The number of urea groups is 1. The van der Waals surface area contributed by atoms with Crippen molar-refractivity contribution in [2.24, 2.45) is 0 Å². The van der Waals surface area contributed by atoms with Crippen LogP contribution in [-0.4, -0.2) is 34.3 Å². The Morgan fingerprint density at radius 2 is 2.00 bits per heavy atom. The molecule has 1 saturated heterocycles. The van der Waals surface area contributed by atoms with Crippen molar-refractivity contribution >= 4 is 17.8 Å². The second-order valence-electron chi connectivity index (χ2n) is 6.09. The van der Waals surface area contributed by atoms with Crippen LogP contribution in [0.3, 0.4) is 0 Å². The van der Waals surface area contributed by atoms with E-state index in [1.165, 1.54) is 31.2 Å². The van der Waals surface area contributed by atoms with Gasteiger partial charge in [-0.15, -0.1) is 0 Å². The van der Waals surface area contributed by atoms with Crippen LogP contribution in [0.2, 0.25) is 0 Å². The number of hydrogen-bond acceptors (Lipinski definition) is 4. The van der Waals surface area contributed by atoms with Crippen LogP contribution >= 0.6 is 0 Å². The molecular weight excluding hydrogens is 339 g/mol. The summed E-state index contributed by atoms with van der Waals surface area (Å²) in [6.45, 7) is 1.36. The summed E-state index contributed by atoms with van der Waals surface area (Å²) < 4.78 is 13.1. The summed E-state index contributed by atoms with van der Waals surface area (Å²) in [6, 6.07) is 8.16. The van der Waals surface area contributed by atoms with E-state index in [1.54, 1.807) is 24.5 Å². The number of amides is 4. The molecule has 1 aromatic heterocycles. The monoisotopic (exact) mass is 356 g/mol. The maximum absolute atomic E-state index is 13.1. The molecular formula is C18H17FN4O3. The molecule has 1 fully saturated rings. The van der Waals surface area contributed by atoms with Gasteiger partial charge < -0.3 is 10.6 Å². The molecule has 0 bridgehead atoms. The molecule has 0 spiro atoms. The molecule has 1 atom stereocenters. The smallest absolute Gasteiger partial charge is 0.325 e. The summed E-state index contributed by atoms with van der Waals surface area (Å²) in [4.78, 5) is 41.8. The number of nitrogens with zero attached hydrogens (tertiary/aromatic N) is 2. The molecule has 2 N–H and O–H groups in total. The van der Waals surface area contributed by atoms with Crippen LogP contribution in [0.4, 0.5) is 9.18 Å². The molecule has 0 saturated carbocycles. The second-order valence-corrected chi connectivity index (χ2v) is 6.09. The van der Waals surface area contributed by atoms with Crippen LogP contribution in [0.5, 0.6) is 0 Å². The molecule has 1 aliphatic heterocycles. The van der Waals surface area contributed by atoms with E-state index >= 15 is 0 Å². The Morgan fingerprint density at radius 3 is 2.65 bits per heavy atom. The molecule has 0 aliphatic carbocycles. The number of rotatable bonds is 5. The standard InChI is InChI=1S/C18H17FN4O3/c1-18(13-4-6-14(19)7-5-13)16(25)23(17(26)22-18)11-15(24)21-10-12-3-2-8-20-9-12/h2-9H,10-11H2,1H3,(H,21,24)(H,22,26). The van der Waals surface area contributed by atoms with E-state index in [9.17, 15) is 18.8 Å². The summed E-state index contributed by atoms with van der Waals surface area (Å²) in [7, 11) is 0. The molecule has 0 radical (unpaired) electrons. The van der Waals surface area contributed by atoms with Gasteiger partial charge in [0.25, 0.3) is 5.91 Å². The molecule has 2 heterocycles.